The van der Waals surface area contributed by atoms with E-state index < -0.39 is 12.0 Å². The molecule has 2 aromatic heterocycles. The van der Waals surface area contributed by atoms with E-state index in [4.69, 9.17) is 4.42 Å². The van der Waals surface area contributed by atoms with Crippen LogP contribution >= 0.6 is 0 Å². The number of halogens is 3. The molecule has 0 aromatic carbocycles. The van der Waals surface area contributed by atoms with Crippen molar-refractivity contribution in [3.63, 3.8) is 0 Å². The number of aromatic nitrogens is 4. The topological polar surface area (TPSA) is 81.1 Å². The Bertz CT molecular complexity index is 565. The van der Waals surface area contributed by atoms with Crippen molar-refractivity contribution in [1.29, 1.82) is 0 Å². The van der Waals surface area contributed by atoms with Crippen molar-refractivity contribution in [1.82, 2.24) is 25.2 Å². The van der Waals surface area contributed by atoms with Crippen molar-refractivity contribution in [2.45, 2.75) is 32.6 Å². The molecule has 0 radical (unpaired) electrons. The second-order valence-corrected chi connectivity index (χ2v) is 4.12. The fourth-order valence-corrected chi connectivity index (χ4v) is 1.45. The smallest absolute Gasteiger partial charge is 0.424 e. The van der Waals surface area contributed by atoms with E-state index in [0.717, 1.165) is 0 Å². The molecule has 0 atom stereocenters. The molecule has 0 aliphatic rings. The minimum Gasteiger partial charge on any atom is -0.424 e. The van der Waals surface area contributed by atoms with Crippen LogP contribution in [0, 0.1) is 0 Å². The van der Waals surface area contributed by atoms with Crippen LogP contribution in [0.15, 0.2) is 8.94 Å². The molecule has 0 spiro atoms. The monoisotopic (exact) mass is 291 g/mol. The maximum Gasteiger partial charge on any atom is 0.455 e. The second-order valence-electron chi connectivity index (χ2n) is 4.12. The molecule has 20 heavy (non-hydrogen) atoms. The summed E-state index contributed by atoms with van der Waals surface area (Å²) in [6, 6.07) is 0. The van der Waals surface area contributed by atoms with Crippen LogP contribution in [-0.4, -0.2) is 32.3 Å². The zero-order valence-electron chi connectivity index (χ0n) is 10.8. The van der Waals surface area contributed by atoms with Gasteiger partial charge in [-0.1, -0.05) is 12.1 Å². The van der Waals surface area contributed by atoms with E-state index in [2.05, 4.69) is 24.9 Å². The molecule has 7 nitrogen and oxygen atoms in total. The highest BCUT2D eigenvalue weighted by Crippen LogP contribution is 2.26. The minimum atomic E-state index is -4.61. The molecule has 0 aliphatic heterocycles. The van der Waals surface area contributed by atoms with Gasteiger partial charge < -0.3 is 8.94 Å². The van der Waals surface area contributed by atoms with Gasteiger partial charge in [-0.15, -0.1) is 10.2 Å². The fraction of sp³-hybridized carbons (Fsp3) is 0.600. The zero-order valence-corrected chi connectivity index (χ0v) is 10.8. The number of rotatable bonds is 5. The summed E-state index contributed by atoms with van der Waals surface area (Å²) in [5, 5.41) is 10.5. The lowest BCUT2D eigenvalue weighted by Gasteiger charge is -2.10. The molecular formula is C10H12F3N5O2. The molecule has 0 amide bonds. The van der Waals surface area contributed by atoms with Gasteiger partial charge >= 0.3 is 6.18 Å². The predicted octanol–water partition coefficient (Wildman–Crippen LogP) is 1.67. The minimum absolute atomic E-state index is 0.0485. The molecular weight excluding hydrogens is 279 g/mol. The van der Waals surface area contributed by atoms with Crippen LogP contribution in [0.1, 0.15) is 30.4 Å². The number of aryl methyl sites for hydroxylation is 1. The average molecular weight is 291 g/mol. The van der Waals surface area contributed by atoms with E-state index in [1.807, 2.05) is 6.92 Å². The predicted molar refractivity (Wildman–Crippen MR) is 58.1 cm³/mol. The Hall–Kier alpha value is -1.97. The van der Waals surface area contributed by atoms with E-state index in [1.54, 1.807) is 11.9 Å². The first kappa shape index (κ1) is 14.4. The van der Waals surface area contributed by atoms with Crippen molar-refractivity contribution in [3.05, 3.63) is 23.5 Å². The fourth-order valence-electron chi connectivity index (χ4n) is 1.45. The van der Waals surface area contributed by atoms with Gasteiger partial charge in [0.2, 0.25) is 17.7 Å². The van der Waals surface area contributed by atoms with Gasteiger partial charge in [0.15, 0.2) is 0 Å². The Kier molecular flexibility index (Phi) is 4.02. The van der Waals surface area contributed by atoms with Gasteiger partial charge in [-0.3, -0.25) is 4.90 Å². The number of hydrogen-bond donors (Lipinski definition) is 0. The van der Waals surface area contributed by atoms with Gasteiger partial charge in [0.25, 0.3) is 5.82 Å². The lowest BCUT2D eigenvalue weighted by atomic mass is 10.5. The molecule has 110 valence electrons. The standard InChI is InChI=1S/C10H12F3N5O2/c1-3-6-15-16-8(19-6)5-18(2)4-7-14-9(17-20-7)10(11,12)13/h3-5H2,1-2H3. The lowest BCUT2D eigenvalue weighted by molar-refractivity contribution is -0.146. The molecule has 2 heterocycles. The average Bonchev–Trinajstić information content (AvgIpc) is 2.97. The maximum atomic E-state index is 12.3. The SMILES string of the molecule is CCc1nnc(CN(C)Cc2nc(C(F)(F)F)no2)o1. The first-order valence-corrected chi connectivity index (χ1v) is 5.78. The van der Waals surface area contributed by atoms with Gasteiger partial charge in [0.05, 0.1) is 13.1 Å². The Morgan fingerprint density at radius 3 is 2.30 bits per heavy atom. The van der Waals surface area contributed by atoms with E-state index in [9.17, 15) is 13.2 Å². The van der Waals surface area contributed by atoms with E-state index >= 15 is 0 Å². The lowest BCUT2D eigenvalue weighted by Crippen LogP contribution is -2.18. The second kappa shape index (κ2) is 5.57. The highest BCUT2D eigenvalue weighted by Gasteiger charge is 2.37. The number of nitrogens with zero attached hydrogens (tertiary/aromatic N) is 5. The molecule has 0 unspecified atom stereocenters. The molecule has 2 rings (SSSR count). The zero-order chi connectivity index (χ0) is 14.8. The first-order valence-electron chi connectivity index (χ1n) is 5.78. The largest absolute Gasteiger partial charge is 0.455 e. The summed E-state index contributed by atoms with van der Waals surface area (Å²) in [5.74, 6) is -0.535. The third-order valence-electron chi connectivity index (χ3n) is 2.34. The molecule has 0 saturated carbocycles. The highest BCUT2D eigenvalue weighted by molar-refractivity contribution is 4.91. The summed E-state index contributed by atoms with van der Waals surface area (Å²) in [7, 11) is 1.66. The Morgan fingerprint density at radius 2 is 1.75 bits per heavy atom. The third kappa shape index (κ3) is 3.53. The summed E-state index contributed by atoms with van der Waals surface area (Å²) >= 11 is 0. The number of alkyl halides is 3. The Labute approximate surface area is 111 Å². The summed E-state index contributed by atoms with van der Waals surface area (Å²) in [5.41, 5.74) is 0. The highest BCUT2D eigenvalue weighted by atomic mass is 19.4. The molecule has 2 aromatic rings. The van der Waals surface area contributed by atoms with Gasteiger partial charge in [-0.05, 0) is 7.05 Å². The van der Waals surface area contributed by atoms with Crippen molar-refractivity contribution in [2.24, 2.45) is 0 Å². The van der Waals surface area contributed by atoms with Crippen LogP contribution in [0.4, 0.5) is 13.2 Å². The van der Waals surface area contributed by atoms with E-state index in [1.165, 1.54) is 0 Å². The van der Waals surface area contributed by atoms with Crippen molar-refractivity contribution < 1.29 is 22.1 Å². The molecule has 10 heteroatoms. The summed E-state index contributed by atoms with van der Waals surface area (Å²) in [6.07, 6.45) is -3.99. The van der Waals surface area contributed by atoms with Crippen LogP contribution in [0.3, 0.4) is 0 Å². The molecule has 0 N–H and O–H groups in total. The summed E-state index contributed by atoms with van der Waals surface area (Å²) in [6.45, 7) is 2.20. The van der Waals surface area contributed by atoms with Gasteiger partial charge in [-0.25, -0.2) is 0 Å². The Morgan fingerprint density at radius 1 is 1.10 bits per heavy atom. The van der Waals surface area contributed by atoms with Crippen LogP contribution in [-0.2, 0) is 25.7 Å². The molecule has 0 fully saturated rings. The van der Waals surface area contributed by atoms with Crippen molar-refractivity contribution in [3.8, 4) is 0 Å². The van der Waals surface area contributed by atoms with Crippen LogP contribution < -0.4 is 0 Å². The van der Waals surface area contributed by atoms with Gasteiger partial charge in [0, 0.05) is 6.42 Å². The van der Waals surface area contributed by atoms with Crippen molar-refractivity contribution >= 4 is 0 Å². The molecule has 0 bridgehead atoms. The summed E-state index contributed by atoms with van der Waals surface area (Å²) < 4.78 is 46.7. The molecule has 0 aliphatic carbocycles. The Balaban J connectivity index is 1.94. The normalized spacial score (nSPS) is 12.3. The van der Waals surface area contributed by atoms with E-state index in [-0.39, 0.29) is 19.0 Å². The van der Waals surface area contributed by atoms with Crippen LogP contribution in [0.25, 0.3) is 0 Å². The number of hydrogen-bond acceptors (Lipinski definition) is 7. The third-order valence-corrected chi connectivity index (χ3v) is 2.34. The van der Waals surface area contributed by atoms with Gasteiger partial charge in [-0.2, -0.15) is 18.2 Å². The maximum absolute atomic E-state index is 12.3. The molecule has 0 saturated heterocycles. The summed E-state index contributed by atoms with van der Waals surface area (Å²) in [4.78, 5) is 4.90. The van der Waals surface area contributed by atoms with Crippen LogP contribution in [0.2, 0.25) is 0 Å². The van der Waals surface area contributed by atoms with Crippen molar-refractivity contribution in [2.75, 3.05) is 7.05 Å². The quantitative estimate of drug-likeness (QED) is 0.828. The van der Waals surface area contributed by atoms with E-state index in [0.29, 0.717) is 18.2 Å². The van der Waals surface area contributed by atoms with Gasteiger partial charge in [0.1, 0.15) is 0 Å². The van der Waals surface area contributed by atoms with Crippen LogP contribution in [0.5, 0.6) is 0 Å². The first-order chi connectivity index (χ1) is 9.38.